The number of azo groups is 1. The molecule has 3 aromatic carbocycles. The van der Waals surface area contributed by atoms with Crippen molar-refractivity contribution in [3.05, 3.63) is 96.4 Å². The molecule has 2 unspecified atom stereocenters. The van der Waals surface area contributed by atoms with Crippen LogP contribution in [-0.2, 0) is 41.4 Å². The van der Waals surface area contributed by atoms with Gasteiger partial charge in [0.15, 0.2) is 0 Å². The highest BCUT2D eigenvalue weighted by atomic mass is 16.6. The number of anilines is 2. The minimum absolute atomic E-state index is 0.00531. The SMILES string of the molecule is CC(C(=O)Nc1nc2ccccc2n1CCCCCNCCCOCCOCCOCCOCCOCCCNC(=O)c1ccc(N=Nc2cc(CCN)ccc2O)cc1)C1CCCN(c2cnccn2)C1. The number of aryl methyl sites for hydroxylation is 1. The molecule has 2 aromatic heterocycles. The third kappa shape index (κ3) is 19.2. The normalized spacial score (nSPS) is 14.3. The molecule has 1 aliphatic rings. The molecular weight excluding hydrogens is 919 g/mol. The van der Waals surface area contributed by atoms with Crippen LogP contribution < -0.4 is 26.6 Å². The summed E-state index contributed by atoms with van der Waals surface area (Å²) >= 11 is 0. The van der Waals surface area contributed by atoms with Gasteiger partial charge in [-0.1, -0.05) is 31.5 Å². The van der Waals surface area contributed by atoms with Crippen LogP contribution in [-0.4, -0.2) is 142 Å². The van der Waals surface area contributed by atoms with Crippen molar-refractivity contribution in [3.63, 3.8) is 0 Å². The number of hydrogen-bond donors (Lipinski definition) is 5. The maximum Gasteiger partial charge on any atom is 0.251 e. The van der Waals surface area contributed by atoms with E-state index in [9.17, 15) is 14.7 Å². The summed E-state index contributed by atoms with van der Waals surface area (Å²) in [6.45, 7) is 12.5. The van der Waals surface area contributed by atoms with Crippen LogP contribution in [0.3, 0.4) is 0 Å². The molecule has 1 saturated heterocycles. The predicted octanol–water partition coefficient (Wildman–Crippen LogP) is 6.99. The first-order valence-corrected chi connectivity index (χ1v) is 25.6. The Labute approximate surface area is 423 Å². The third-order valence-electron chi connectivity index (χ3n) is 12.3. The first kappa shape index (κ1) is 55.4. The number of piperidine rings is 1. The molecule has 19 heteroatoms. The highest BCUT2D eigenvalue weighted by Crippen LogP contribution is 2.30. The second kappa shape index (κ2) is 32.2. The van der Waals surface area contributed by atoms with Crippen LogP contribution in [0.15, 0.2) is 95.5 Å². The van der Waals surface area contributed by atoms with Crippen LogP contribution in [0.25, 0.3) is 11.0 Å². The smallest absolute Gasteiger partial charge is 0.251 e. The quantitative estimate of drug-likeness (QED) is 0.0203. The van der Waals surface area contributed by atoms with E-state index in [-0.39, 0.29) is 29.4 Å². The number of hydrogen-bond acceptors (Lipinski definition) is 16. The van der Waals surface area contributed by atoms with Gasteiger partial charge in [-0.05, 0) is 125 Å². The van der Waals surface area contributed by atoms with Gasteiger partial charge in [0.25, 0.3) is 5.91 Å². The van der Waals surface area contributed by atoms with Crippen molar-refractivity contribution >= 4 is 46.0 Å². The molecule has 6 rings (SSSR count). The third-order valence-corrected chi connectivity index (χ3v) is 12.3. The highest BCUT2D eigenvalue weighted by Gasteiger charge is 2.30. The molecule has 2 atom stereocenters. The van der Waals surface area contributed by atoms with Crippen LogP contribution in [0.2, 0.25) is 0 Å². The zero-order valence-electron chi connectivity index (χ0n) is 41.9. The van der Waals surface area contributed by atoms with E-state index < -0.39 is 0 Å². The molecule has 72 heavy (non-hydrogen) atoms. The molecule has 5 aromatic rings. The van der Waals surface area contributed by atoms with Crippen molar-refractivity contribution in [2.75, 3.05) is 116 Å². The van der Waals surface area contributed by atoms with Crippen LogP contribution in [0.5, 0.6) is 5.75 Å². The van der Waals surface area contributed by atoms with Crippen molar-refractivity contribution in [1.29, 1.82) is 0 Å². The van der Waals surface area contributed by atoms with Gasteiger partial charge in [-0.15, -0.1) is 5.11 Å². The topological polar surface area (TPSA) is 234 Å². The number of rotatable bonds is 35. The van der Waals surface area contributed by atoms with E-state index >= 15 is 0 Å². The van der Waals surface area contributed by atoms with Crippen molar-refractivity contribution in [2.24, 2.45) is 27.8 Å². The number of benzene rings is 3. The number of phenolic OH excluding ortho intramolecular Hbond substituents is 1. The van der Waals surface area contributed by atoms with E-state index in [4.69, 9.17) is 34.4 Å². The number of ether oxygens (including phenoxy) is 5. The van der Waals surface area contributed by atoms with Crippen molar-refractivity contribution < 1.29 is 38.4 Å². The van der Waals surface area contributed by atoms with Crippen LogP contribution in [0, 0.1) is 11.8 Å². The first-order chi connectivity index (χ1) is 35.4. The number of carbonyl (C=O) groups excluding carboxylic acids is 2. The van der Waals surface area contributed by atoms with Crippen LogP contribution >= 0.6 is 0 Å². The summed E-state index contributed by atoms with van der Waals surface area (Å²) < 4.78 is 30.3. The molecule has 1 fully saturated rings. The Balaban J connectivity index is 0.686. The fourth-order valence-electron chi connectivity index (χ4n) is 8.26. The first-order valence-electron chi connectivity index (χ1n) is 25.6. The summed E-state index contributed by atoms with van der Waals surface area (Å²) in [5, 5.41) is 28.0. The summed E-state index contributed by atoms with van der Waals surface area (Å²) in [4.78, 5) is 41.9. The number of aromatic nitrogens is 4. The lowest BCUT2D eigenvalue weighted by Gasteiger charge is -2.35. The Kier molecular flexibility index (Phi) is 24.8. The summed E-state index contributed by atoms with van der Waals surface area (Å²) in [6, 6.07) is 20.0. The van der Waals surface area contributed by atoms with Gasteiger partial charge in [0.05, 0.1) is 75.8 Å². The number of aromatic hydroxyl groups is 1. The van der Waals surface area contributed by atoms with Gasteiger partial charge >= 0.3 is 0 Å². The average Bonchev–Trinajstić information content (AvgIpc) is 3.76. The zero-order chi connectivity index (χ0) is 50.4. The number of nitrogens with one attached hydrogen (secondary N) is 3. The number of nitrogens with two attached hydrogens (primary N) is 1. The number of imidazole rings is 1. The van der Waals surface area contributed by atoms with E-state index in [0.29, 0.717) is 115 Å². The molecule has 2 amide bonds. The minimum Gasteiger partial charge on any atom is -0.506 e. The van der Waals surface area contributed by atoms with Gasteiger partial charge in [-0.2, -0.15) is 5.11 Å². The van der Waals surface area contributed by atoms with Crippen LogP contribution in [0.4, 0.5) is 23.1 Å². The lowest BCUT2D eigenvalue weighted by Crippen LogP contribution is -2.41. The van der Waals surface area contributed by atoms with Gasteiger partial charge < -0.3 is 54.6 Å². The van der Waals surface area contributed by atoms with E-state index in [0.717, 1.165) is 93.7 Å². The number of carbonyl (C=O) groups is 2. The molecule has 19 nitrogen and oxygen atoms in total. The molecule has 3 heterocycles. The lowest BCUT2D eigenvalue weighted by molar-refractivity contribution is -0.121. The number of phenols is 1. The van der Waals surface area contributed by atoms with E-state index in [2.05, 4.69) is 51.7 Å². The Bertz CT molecular complexity index is 2350. The van der Waals surface area contributed by atoms with Crippen LogP contribution in [0.1, 0.15) is 67.8 Å². The van der Waals surface area contributed by atoms with E-state index in [1.807, 2.05) is 25.1 Å². The molecule has 0 spiro atoms. The zero-order valence-corrected chi connectivity index (χ0v) is 41.9. The molecule has 0 bridgehead atoms. The van der Waals surface area contributed by atoms with Gasteiger partial charge in [0.1, 0.15) is 17.3 Å². The van der Waals surface area contributed by atoms with Gasteiger partial charge in [-0.3, -0.25) is 19.9 Å². The fraction of sp³-hybridized carbons (Fsp3) is 0.528. The average molecular weight is 994 g/mol. The van der Waals surface area contributed by atoms with Crippen molar-refractivity contribution in [2.45, 2.75) is 64.8 Å². The van der Waals surface area contributed by atoms with Gasteiger partial charge in [-0.25, -0.2) is 9.97 Å². The minimum atomic E-state index is -0.183. The largest absolute Gasteiger partial charge is 0.506 e. The Morgan fingerprint density at radius 2 is 1.50 bits per heavy atom. The highest BCUT2D eigenvalue weighted by molar-refractivity contribution is 5.94. The van der Waals surface area contributed by atoms with E-state index in [1.54, 1.807) is 61.1 Å². The predicted molar refractivity (Wildman–Crippen MR) is 278 cm³/mol. The van der Waals surface area contributed by atoms with Crippen molar-refractivity contribution in [3.8, 4) is 5.75 Å². The fourth-order valence-corrected chi connectivity index (χ4v) is 8.26. The Morgan fingerprint density at radius 3 is 2.21 bits per heavy atom. The molecule has 6 N–H and O–H groups in total. The molecule has 0 radical (unpaired) electrons. The maximum atomic E-state index is 13.6. The molecule has 0 aliphatic carbocycles. The standard InChI is InChI=1S/C53H75N11O8/c1-41(44-10-7-26-63(40-44)50-39-56-24-25-57-50)51(66)60-53-59-46-11-3-4-12-48(46)64(53)27-6-2-5-21-55-22-8-28-68-30-32-70-34-36-72-37-35-71-33-31-69-29-9-23-58-52(67)43-14-16-45(17-15-43)61-62-47-38-42(19-20-54)13-18-49(47)65/h3-4,11-18,24-25,38-39,41,44,55,65H,2,5-10,19-23,26-37,40,54H2,1H3,(H,58,67)(H,59,60,66). The molecule has 390 valence electrons. The Morgan fingerprint density at radius 1 is 0.806 bits per heavy atom. The Hall–Kier alpha value is -5.93. The summed E-state index contributed by atoms with van der Waals surface area (Å²) in [6.07, 6.45) is 12.6. The van der Waals surface area contributed by atoms with Crippen molar-refractivity contribution in [1.82, 2.24) is 30.2 Å². The number of nitrogens with zero attached hydrogens (tertiary/aromatic N) is 7. The molecule has 1 aliphatic heterocycles. The lowest BCUT2D eigenvalue weighted by atomic mass is 9.86. The number of amides is 2. The van der Waals surface area contributed by atoms with Gasteiger partial charge in [0.2, 0.25) is 11.9 Å². The number of fused-ring (bicyclic) bond motifs is 1. The summed E-state index contributed by atoms with van der Waals surface area (Å²) in [7, 11) is 0. The van der Waals surface area contributed by atoms with Gasteiger partial charge in [0, 0.05) is 63.3 Å². The second-order valence-corrected chi connectivity index (χ2v) is 17.7. The molecular formula is C53H75N11O8. The maximum absolute atomic E-state index is 13.6. The summed E-state index contributed by atoms with van der Waals surface area (Å²) in [5.41, 5.74) is 9.95. The summed E-state index contributed by atoms with van der Waals surface area (Å²) in [5.74, 6) is 1.40. The second-order valence-electron chi connectivity index (χ2n) is 17.7. The monoisotopic (exact) mass is 994 g/mol. The molecule has 0 saturated carbocycles. The van der Waals surface area contributed by atoms with E-state index in [1.165, 1.54) is 0 Å². The number of para-hydroxylation sites is 2. The number of unbranched alkanes of at least 4 members (excludes halogenated alkanes) is 2.